The number of hydrogen-bond donors (Lipinski definition) is 1. The van der Waals surface area contributed by atoms with Crippen molar-refractivity contribution in [3.63, 3.8) is 0 Å². The molecule has 1 amide bonds. The molecule has 2 unspecified atom stereocenters. The Morgan fingerprint density at radius 2 is 2.10 bits per heavy atom. The fraction of sp³-hybridized carbons (Fsp3) is 0.588. The van der Waals surface area contributed by atoms with E-state index in [0.29, 0.717) is 12.5 Å². The summed E-state index contributed by atoms with van der Waals surface area (Å²) in [6.45, 7) is 5.13. The average molecular weight is 288 g/mol. The molecule has 1 aromatic carbocycles. The second-order valence-electron chi connectivity index (χ2n) is 6.35. The maximum Gasteiger partial charge on any atom is 0.227 e. The molecule has 2 aliphatic rings. The van der Waals surface area contributed by atoms with E-state index in [2.05, 4.69) is 11.8 Å². The zero-order valence-electron chi connectivity index (χ0n) is 12.7. The van der Waals surface area contributed by atoms with Gasteiger partial charge in [0.2, 0.25) is 5.91 Å². The molecule has 2 aliphatic heterocycles. The van der Waals surface area contributed by atoms with Crippen LogP contribution in [0.4, 0.5) is 0 Å². The Bertz CT molecular complexity index is 517. The number of phenols is 1. The molecule has 21 heavy (non-hydrogen) atoms. The van der Waals surface area contributed by atoms with Gasteiger partial charge in [-0.05, 0) is 32.4 Å². The first-order chi connectivity index (χ1) is 10.1. The van der Waals surface area contributed by atoms with E-state index in [1.807, 2.05) is 17.0 Å². The van der Waals surface area contributed by atoms with Crippen LogP contribution in [0.2, 0.25) is 0 Å². The number of rotatable bonds is 2. The monoisotopic (exact) mass is 288 g/mol. The zero-order valence-corrected chi connectivity index (χ0v) is 12.7. The highest BCUT2D eigenvalue weighted by Gasteiger charge is 2.35. The summed E-state index contributed by atoms with van der Waals surface area (Å²) in [5, 5.41) is 9.83. The third-order valence-corrected chi connectivity index (χ3v) is 4.84. The van der Waals surface area contributed by atoms with Gasteiger partial charge in [-0.1, -0.05) is 24.6 Å². The molecule has 0 radical (unpaired) electrons. The zero-order chi connectivity index (χ0) is 14.8. The Morgan fingerprint density at radius 1 is 1.29 bits per heavy atom. The maximum atomic E-state index is 12.6. The van der Waals surface area contributed by atoms with Crippen molar-refractivity contribution in [2.45, 2.75) is 44.7 Å². The summed E-state index contributed by atoms with van der Waals surface area (Å²) < 4.78 is 0. The number of carbonyl (C=O) groups is 1. The number of para-hydroxylation sites is 1. The molecule has 0 aliphatic carbocycles. The predicted octanol–water partition coefficient (Wildman–Crippen LogP) is 2.02. The fourth-order valence-electron chi connectivity index (χ4n) is 3.62. The topological polar surface area (TPSA) is 43.8 Å². The Labute approximate surface area is 126 Å². The van der Waals surface area contributed by atoms with E-state index >= 15 is 0 Å². The normalized spacial score (nSPS) is 26.4. The third kappa shape index (κ3) is 3.05. The minimum absolute atomic E-state index is 0.134. The maximum absolute atomic E-state index is 12.6. The predicted molar refractivity (Wildman–Crippen MR) is 82.2 cm³/mol. The number of fused-ring (bicyclic) bond motifs is 1. The molecule has 2 saturated heterocycles. The first-order valence-corrected chi connectivity index (χ1v) is 7.95. The number of phenolic OH excluding ortho intramolecular Hbond substituents is 1. The first kappa shape index (κ1) is 14.4. The third-order valence-electron chi connectivity index (χ3n) is 4.84. The lowest BCUT2D eigenvalue weighted by atomic mass is 9.96. The summed E-state index contributed by atoms with van der Waals surface area (Å²) in [7, 11) is 0. The highest BCUT2D eigenvalue weighted by molar-refractivity contribution is 5.80. The molecule has 0 aromatic heterocycles. The van der Waals surface area contributed by atoms with Crippen LogP contribution in [-0.4, -0.2) is 52.5 Å². The van der Waals surface area contributed by atoms with Crippen LogP contribution >= 0.6 is 0 Å². The van der Waals surface area contributed by atoms with Crippen molar-refractivity contribution in [2.75, 3.05) is 19.6 Å². The minimum Gasteiger partial charge on any atom is -0.508 e. The lowest BCUT2D eigenvalue weighted by Crippen LogP contribution is -2.60. The van der Waals surface area contributed by atoms with Crippen LogP contribution in [0.1, 0.15) is 31.7 Å². The number of piperidine rings is 1. The fourth-order valence-corrected chi connectivity index (χ4v) is 3.62. The van der Waals surface area contributed by atoms with E-state index in [1.165, 1.54) is 25.8 Å². The van der Waals surface area contributed by atoms with Gasteiger partial charge in [-0.15, -0.1) is 0 Å². The molecule has 4 nitrogen and oxygen atoms in total. The molecule has 4 heteroatoms. The molecular formula is C17H24N2O2. The second kappa shape index (κ2) is 6.06. The quantitative estimate of drug-likeness (QED) is 0.905. The Hall–Kier alpha value is -1.55. The number of piperazine rings is 1. The van der Waals surface area contributed by atoms with Crippen molar-refractivity contribution in [3.8, 4) is 5.75 Å². The Balaban J connectivity index is 1.68. The smallest absolute Gasteiger partial charge is 0.227 e. The van der Waals surface area contributed by atoms with Crippen LogP contribution in [0.3, 0.4) is 0 Å². The largest absolute Gasteiger partial charge is 0.508 e. The molecule has 1 aromatic rings. The first-order valence-electron chi connectivity index (χ1n) is 7.95. The van der Waals surface area contributed by atoms with Crippen molar-refractivity contribution in [2.24, 2.45) is 0 Å². The van der Waals surface area contributed by atoms with Crippen LogP contribution in [0, 0.1) is 0 Å². The molecule has 2 heterocycles. The van der Waals surface area contributed by atoms with Crippen LogP contribution in [0.25, 0.3) is 0 Å². The molecule has 114 valence electrons. The number of carbonyl (C=O) groups excluding carboxylic acids is 1. The van der Waals surface area contributed by atoms with E-state index in [-0.39, 0.29) is 17.7 Å². The van der Waals surface area contributed by atoms with Crippen LogP contribution in [0.15, 0.2) is 24.3 Å². The van der Waals surface area contributed by atoms with E-state index < -0.39 is 0 Å². The number of benzene rings is 1. The Kier molecular flexibility index (Phi) is 4.15. The molecule has 2 fully saturated rings. The molecule has 0 spiro atoms. The van der Waals surface area contributed by atoms with E-state index in [9.17, 15) is 9.90 Å². The van der Waals surface area contributed by atoms with Crippen LogP contribution in [-0.2, 0) is 11.2 Å². The molecule has 0 saturated carbocycles. The molecule has 1 N–H and O–H groups in total. The summed E-state index contributed by atoms with van der Waals surface area (Å²) in [5.41, 5.74) is 0.723. The van der Waals surface area contributed by atoms with Gasteiger partial charge in [0, 0.05) is 30.7 Å². The summed E-state index contributed by atoms with van der Waals surface area (Å²) in [6, 6.07) is 7.92. The second-order valence-corrected chi connectivity index (χ2v) is 6.35. The highest BCUT2D eigenvalue weighted by Crippen LogP contribution is 2.25. The Morgan fingerprint density at radius 3 is 2.90 bits per heavy atom. The standard InChI is InChI=1S/C17H24N2O2/c1-13-11-18-9-5-4-7-15(18)12-19(13)17(21)10-14-6-2-3-8-16(14)20/h2-3,6,8,13,15,20H,4-5,7,9-12H2,1H3. The van der Waals surface area contributed by atoms with Gasteiger partial charge >= 0.3 is 0 Å². The summed E-state index contributed by atoms with van der Waals surface area (Å²) in [5.74, 6) is 0.351. The average Bonchev–Trinajstić information content (AvgIpc) is 2.49. The number of nitrogens with zero attached hydrogens (tertiary/aromatic N) is 2. The summed E-state index contributed by atoms with van der Waals surface area (Å²) >= 11 is 0. The van der Waals surface area contributed by atoms with E-state index in [4.69, 9.17) is 0 Å². The van der Waals surface area contributed by atoms with Crippen molar-refractivity contribution in [1.82, 2.24) is 9.80 Å². The number of hydrogen-bond acceptors (Lipinski definition) is 3. The van der Waals surface area contributed by atoms with Crippen molar-refractivity contribution < 1.29 is 9.90 Å². The van der Waals surface area contributed by atoms with Gasteiger partial charge < -0.3 is 10.0 Å². The molecule has 0 bridgehead atoms. The van der Waals surface area contributed by atoms with Crippen molar-refractivity contribution in [1.29, 1.82) is 0 Å². The molecular weight excluding hydrogens is 264 g/mol. The van der Waals surface area contributed by atoms with Crippen LogP contribution in [0.5, 0.6) is 5.75 Å². The summed E-state index contributed by atoms with van der Waals surface area (Å²) in [6.07, 6.45) is 4.06. The summed E-state index contributed by atoms with van der Waals surface area (Å²) in [4.78, 5) is 17.2. The van der Waals surface area contributed by atoms with Gasteiger partial charge in [0.05, 0.1) is 6.42 Å². The van der Waals surface area contributed by atoms with Gasteiger partial charge in [-0.25, -0.2) is 0 Å². The number of aromatic hydroxyl groups is 1. The van der Waals surface area contributed by atoms with Gasteiger partial charge in [0.15, 0.2) is 0 Å². The SMILES string of the molecule is CC1CN2CCCCC2CN1C(=O)Cc1ccccc1O. The van der Waals surface area contributed by atoms with Gasteiger partial charge in [-0.2, -0.15) is 0 Å². The van der Waals surface area contributed by atoms with Gasteiger partial charge in [-0.3, -0.25) is 9.69 Å². The van der Waals surface area contributed by atoms with E-state index in [0.717, 1.165) is 18.7 Å². The van der Waals surface area contributed by atoms with Crippen molar-refractivity contribution >= 4 is 5.91 Å². The van der Waals surface area contributed by atoms with Crippen molar-refractivity contribution in [3.05, 3.63) is 29.8 Å². The van der Waals surface area contributed by atoms with E-state index in [1.54, 1.807) is 12.1 Å². The van der Waals surface area contributed by atoms with Gasteiger partial charge in [0.1, 0.15) is 5.75 Å². The van der Waals surface area contributed by atoms with Gasteiger partial charge in [0.25, 0.3) is 0 Å². The highest BCUT2D eigenvalue weighted by atomic mass is 16.3. The lowest BCUT2D eigenvalue weighted by Gasteiger charge is -2.47. The molecule has 2 atom stereocenters. The number of amides is 1. The minimum atomic E-state index is 0.134. The molecule has 3 rings (SSSR count). The van der Waals surface area contributed by atoms with Crippen LogP contribution < -0.4 is 0 Å². The lowest BCUT2D eigenvalue weighted by molar-refractivity contribution is -0.137.